The van der Waals surface area contributed by atoms with Gasteiger partial charge in [0, 0.05) is 0 Å². The molecule has 0 aromatic carbocycles. The Labute approximate surface area is 84.2 Å². The van der Waals surface area contributed by atoms with Crippen LogP contribution in [0.1, 0.15) is 26.7 Å². The fourth-order valence-corrected chi connectivity index (χ4v) is 3.87. The molecule has 1 rings (SSSR count). The summed E-state index contributed by atoms with van der Waals surface area (Å²) in [6.45, 7) is 3.43. The summed E-state index contributed by atoms with van der Waals surface area (Å²) >= 11 is 0. The Morgan fingerprint density at radius 2 is 2.14 bits per heavy atom. The molecule has 82 valence electrons. The maximum absolute atomic E-state index is 11.2. The highest BCUT2D eigenvalue weighted by atomic mass is 32.2. The van der Waals surface area contributed by atoms with E-state index in [-0.39, 0.29) is 17.4 Å². The molecule has 0 aromatic rings. The maximum Gasteiger partial charge on any atom is 0.309 e. The quantitative estimate of drug-likeness (QED) is 0.767. The fourth-order valence-electron chi connectivity index (χ4n) is 1.91. The molecule has 0 spiro atoms. The molecule has 0 bridgehead atoms. The van der Waals surface area contributed by atoms with Gasteiger partial charge in [0.05, 0.1) is 16.9 Å². The molecule has 0 aromatic heterocycles. The van der Waals surface area contributed by atoms with Gasteiger partial charge in [0.2, 0.25) is 0 Å². The van der Waals surface area contributed by atoms with Crippen molar-refractivity contribution in [1.82, 2.24) is 0 Å². The molecule has 0 radical (unpaired) electrons. The number of carbonyl (C=O) groups is 1. The van der Waals surface area contributed by atoms with Crippen LogP contribution in [0.4, 0.5) is 0 Å². The standard InChI is InChI=1S/C9H16O4S/c1-3-9(2,8(10)11)7-4-5-14(12,13)6-7/h7H,3-6H2,1-2H3,(H,10,11). The molecule has 4 nitrogen and oxygen atoms in total. The van der Waals surface area contributed by atoms with Crippen LogP contribution in [-0.4, -0.2) is 31.0 Å². The lowest BCUT2D eigenvalue weighted by Gasteiger charge is -2.28. The van der Waals surface area contributed by atoms with E-state index < -0.39 is 21.2 Å². The lowest BCUT2D eigenvalue weighted by molar-refractivity contribution is -0.151. The van der Waals surface area contributed by atoms with Gasteiger partial charge in [-0.05, 0) is 25.7 Å². The summed E-state index contributed by atoms with van der Waals surface area (Å²) in [7, 11) is -2.99. The minimum atomic E-state index is -2.99. The summed E-state index contributed by atoms with van der Waals surface area (Å²) in [6, 6.07) is 0. The second kappa shape index (κ2) is 3.53. The fraction of sp³-hybridized carbons (Fsp3) is 0.889. The molecule has 1 N–H and O–H groups in total. The van der Waals surface area contributed by atoms with Crippen molar-refractivity contribution in [2.24, 2.45) is 11.3 Å². The van der Waals surface area contributed by atoms with Crippen molar-refractivity contribution in [3.8, 4) is 0 Å². The molecule has 1 saturated heterocycles. The largest absolute Gasteiger partial charge is 0.481 e. The molecule has 1 aliphatic rings. The Bertz CT molecular complexity index is 333. The molecule has 1 fully saturated rings. The number of hydrogen-bond donors (Lipinski definition) is 1. The smallest absolute Gasteiger partial charge is 0.309 e. The topological polar surface area (TPSA) is 71.4 Å². The zero-order valence-electron chi connectivity index (χ0n) is 8.49. The van der Waals surface area contributed by atoms with E-state index in [4.69, 9.17) is 5.11 Å². The molecular weight excluding hydrogens is 204 g/mol. The van der Waals surface area contributed by atoms with E-state index in [1.807, 2.05) is 0 Å². The van der Waals surface area contributed by atoms with E-state index in [0.29, 0.717) is 12.8 Å². The van der Waals surface area contributed by atoms with Crippen LogP contribution in [0.2, 0.25) is 0 Å². The molecule has 1 aliphatic heterocycles. The molecule has 5 heteroatoms. The third kappa shape index (κ3) is 1.92. The Hall–Kier alpha value is -0.580. The van der Waals surface area contributed by atoms with Crippen molar-refractivity contribution in [3.63, 3.8) is 0 Å². The van der Waals surface area contributed by atoms with Crippen LogP contribution in [0.5, 0.6) is 0 Å². The second-order valence-electron chi connectivity index (χ2n) is 4.18. The summed E-state index contributed by atoms with van der Waals surface area (Å²) in [4.78, 5) is 11.1. The van der Waals surface area contributed by atoms with Crippen LogP contribution in [-0.2, 0) is 14.6 Å². The average Bonchev–Trinajstić information content (AvgIpc) is 2.44. The minimum Gasteiger partial charge on any atom is -0.481 e. The number of rotatable bonds is 3. The highest BCUT2D eigenvalue weighted by molar-refractivity contribution is 7.91. The van der Waals surface area contributed by atoms with Gasteiger partial charge in [0.1, 0.15) is 0 Å². The first-order valence-electron chi connectivity index (χ1n) is 4.75. The number of aliphatic carboxylic acids is 1. The third-order valence-corrected chi connectivity index (χ3v) is 5.12. The number of carboxylic acids is 1. The van der Waals surface area contributed by atoms with E-state index in [2.05, 4.69) is 0 Å². The summed E-state index contributed by atoms with van der Waals surface area (Å²) < 4.78 is 22.5. The van der Waals surface area contributed by atoms with Gasteiger partial charge in [-0.25, -0.2) is 8.42 Å². The molecule has 0 amide bonds. The lowest BCUT2D eigenvalue weighted by atomic mass is 9.75. The first kappa shape index (κ1) is 11.5. The second-order valence-corrected chi connectivity index (χ2v) is 6.40. The minimum absolute atomic E-state index is 0.0314. The van der Waals surface area contributed by atoms with E-state index >= 15 is 0 Å². The van der Waals surface area contributed by atoms with Crippen molar-refractivity contribution < 1.29 is 18.3 Å². The van der Waals surface area contributed by atoms with Gasteiger partial charge in [-0.3, -0.25) is 4.79 Å². The Morgan fingerprint density at radius 3 is 2.43 bits per heavy atom. The highest BCUT2D eigenvalue weighted by Crippen LogP contribution is 2.38. The van der Waals surface area contributed by atoms with Crippen molar-refractivity contribution in [1.29, 1.82) is 0 Å². The summed E-state index contributed by atoms with van der Waals surface area (Å²) in [5.74, 6) is -0.943. The number of carboxylic acid groups (broad SMARTS) is 1. The zero-order valence-corrected chi connectivity index (χ0v) is 9.30. The predicted molar refractivity (Wildman–Crippen MR) is 52.8 cm³/mol. The van der Waals surface area contributed by atoms with Gasteiger partial charge in [-0.2, -0.15) is 0 Å². The zero-order chi connectivity index (χ0) is 11.0. The Kier molecular flexibility index (Phi) is 2.90. The summed E-state index contributed by atoms with van der Waals surface area (Å²) in [5.41, 5.74) is -0.885. The van der Waals surface area contributed by atoms with Gasteiger partial charge in [0.15, 0.2) is 9.84 Å². The molecule has 2 atom stereocenters. The van der Waals surface area contributed by atoms with Gasteiger partial charge in [-0.15, -0.1) is 0 Å². The van der Waals surface area contributed by atoms with Gasteiger partial charge < -0.3 is 5.11 Å². The van der Waals surface area contributed by atoms with Crippen LogP contribution in [0.15, 0.2) is 0 Å². The van der Waals surface area contributed by atoms with Crippen molar-refractivity contribution in [2.75, 3.05) is 11.5 Å². The third-order valence-electron chi connectivity index (χ3n) is 3.36. The first-order valence-corrected chi connectivity index (χ1v) is 6.58. The molecular formula is C9H16O4S. The molecule has 2 unspecified atom stereocenters. The van der Waals surface area contributed by atoms with Crippen molar-refractivity contribution in [3.05, 3.63) is 0 Å². The molecule has 0 saturated carbocycles. The van der Waals surface area contributed by atoms with E-state index in [1.54, 1.807) is 13.8 Å². The van der Waals surface area contributed by atoms with Crippen molar-refractivity contribution >= 4 is 15.8 Å². The number of sulfone groups is 1. The lowest BCUT2D eigenvalue weighted by Crippen LogP contribution is -2.36. The van der Waals surface area contributed by atoms with Gasteiger partial charge in [-0.1, -0.05) is 6.92 Å². The van der Waals surface area contributed by atoms with Crippen LogP contribution in [0.3, 0.4) is 0 Å². The monoisotopic (exact) mass is 220 g/mol. The molecule has 1 heterocycles. The Balaban J connectivity index is 2.89. The van der Waals surface area contributed by atoms with E-state index in [9.17, 15) is 13.2 Å². The number of hydrogen-bond acceptors (Lipinski definition) is 3. The van der Waals surface area contributed by atoms with E-state index in [1.165, 1.54) is 0 Å². The molecule has 14 heavy (non-hydrogen) atoms. The Morgan fingerprint density at radius 1 is 1.57 bits per heavy atom. The average molecular weight is 220 g/mol. The highest BCUT2D eigenvalue weighted by Gasteiger charge is 2.45. The van der Waals surface area contributed by atoms with E-state index in [0.717, 1.165) is 0 Å². The van der Waals surface area contributed by atoms with Crippen LogP contribution < -0.4 is 0 Å². The van der Waals surface area contributed by atoms with Crippen LogP contribution in [0.25, 0.3) is 0 Å². The van der Waals surface area contributed by atoms with Gasteiger partial charge in [0.25, 0.3) is 0 Å². The summed E-state index contributed by atoms with van der Waals surface area (Å²) in [6.07, 6.45) is 0.960. The SMILES string of the molecule is CCC(C)(C(=O)O)C1CCS(=O)(=O)C1. The van der Waals surface area contributed by atoms with Crippen LogP contribution in [0, 0.1) is 11.3 Å². The maximum atomic E-state index is 11.2. The van der Waals surface area contributed by atoms with Crippen molar-refractivity contribution in [2.45, 2.75) is 26.7 Å². The normalized spacial score (nSPS) is 29.7. The summed E-state index contributed by atoms with van der Waals surface area (Å²) in [5, 5.41) is 9.07. The molecule has 0 aliphatic carbocycles. The first-order chi connectivity index (χ1) is 6.32. The van der Waals surface area contributed by atoms with Crippen LogP contribution >= 0.6 is 0 Å². The predicted octanol–water partition coefficient (Wildman–Crippen LogP) is 0.922. The van der Waals surface area contributed by atoms with Gasteiger partial charge >= 0.3 is 5.97 Å².